The molecule has 0 aliphatic heterocycles. The SMILES string of the molecule is COc1cc(C(C#N)C(=O)OCc2ccccc2)ccn1. The van der Waals surface area contributed by atoms with Gasteiger partial charge in [0.15, 0.2) is 5.92 Å². The molecule has 2 aromatic rings. The van der Waals surface area contributed by atoms with Crippen LogP contribution in [0, 0.1) is 11.3 Å². The van der Waals surface area contributed by atoms with E-state index in [-0.39, 0.29) is 6.61 Å². The van der Waals surface area contributed by atoms with E-state index in [1.807, 2.05) is 36.4 Å². The third-order valence-electron chi connectivity index (χ3n) is 2.89. The second kappa shape index (κ2) is 7.06. The van der Waals surface area contributed by atoms with Gasteiger partial charge in [-0.05, 0) is 17.2 Å². The van der Waals surface area contributed by atoms with Crippen LogP contribution in [-0.2, 0) is 16.1 Å². The molecule has 1 aromatic carbocycles. The van der Waals surface area contributed by atoms with Crippen molar-refractivity contribution in [1.29, 1.82) is 5.26 Å². The summed E-state index contributed by atoms with van der Waals surface area (Å²) in [6.07, 6.45) is 1.49. The van der Waals surface area contributed by atoms with E-state index in [1.54, 1.807) is 12.1 Å². The van der Waals surface area contributed by atoms with Gasteiger partial charge in [0.25, 0.3) is 0 Å². The summed E-state index contributed by atoms with van der Waals surface area (Å²) in [5.74, 6) is -1.23. The van der Waals surface area contributed by atoms with Gasteiger partial charge in [0.1, 0.15) is 6.61 Å². The molecule has 0 saturated carbocycles. The average molecular weight is 282 g/mol. The van der Waals surface area contributed by atoms with Gasteiger partial charge in [0.05, 0.1) is 13.2 Å². The van der Waals surface area contributed by atoms with Crippen LogP contribution in [0.25, 0.3) is 0 Å². The van der Waals surface area contributed by atoms with Crippen LogP contribution < -0.4 is 4.74 Å². The molecule has 1 unspecified atom stereocenters. The lowest BCUT2D eigenvalue weighted by Crippen LogP contribution is -2.14. The van der Waals surface area contributed by atoms with Gasteiger partial charge in [0, 0.05) is 12.3 Å². The van der Waals surface area contributed by atoms with Gasteiger partial charge < -0.3 is 9.47 Å². The van der Waals surface area contributed by atoms with Gasteiger partial charge in [-0.3, -0.25) is 4.79 Å². The number of nitrogens with zero attached hydrogens (tertiary/aromatic N) is 2. The van der Waals surface area contributed by atoms with E-state index in [4.69, 9.17) is 9.47 Å². The summed E-state index contributed by atoms with van der Waals surface area (Å²) < 4.78 is 10.2. The fourth-order valence-corrected chi connectivity index (χ4v) is 1.79. The van der Waals surface area contributed by atoms with E-state index < -0.39 is 11.9 Å². The van der Waals surface area contributed by atoms with Crippen LogP contribution in [0.15, 0.2) is 48.7 Å². The van der Waals surface area contributed by atoms with E-state index in [0.717, 1.165) is 5.56 Å². The number of benzene rings is 1. The van der Waals surface area contributed by atoms with E-state index in [1.165, 1.54) is 13.3 Å². The third kappa shape index (κ3) is 3.80. The zero-order valence-corrected chi connectivity index (χ0v) is 11.5. The first-order valence-electron chi connectivity index (χ1n) is 6.34. The van der Waals surface area contributed by atoms with Crippen molar-refractivity contribution in [2.45, 2.75) is 12.5 Å². The number of ether oxygens (including phenoxy) is 2. The van der Waals surface area contributed by atoms with Crippen LogP contribution in [0.5, 0.6) is 5.88 Å². The molecule has 2 rings (SSSR count). The van der Waals surface area contributed by atoms with Gasteiger partial charge in [0.2, 0.25) is 5.88 Å². The summed E-state index contributed by atoms with van der Waals surface area (Å²) >= 11 is 0. The van der Waals surface area contributed by atoms with E-state index >= 15 is 0 Å². The van der Waals surface area contributed by atoms with Crippen LogP contribution in [0.2, 0.25) is 0 Å². The number of carbonyl (C=O) groups excluding carboxylic acids is 1. The number of hydrogen-bond acceptors (Lipinski definition) is 5. The molecule has 0 N–H and O–H groups in total. The van der Waals surface area contributed by atoms with Gasteiger partial charge in [-0.15, -0.1) is 0 Å². The smallest absolute Gasteiger partial charge is 0.328 e. The summed E-state index contributed by atoms with van der Waals surface area (Å²) in [4.78, 5) is 16.0. The first kappa shape index (κ1) is 14.5. The van der Waals surface area contributed by atoms with Crippen molar-refractivity contribution < 1.29 is 14.3 Å². The lowest BCUT2D eigenvalue weighted by Gasteiger charge is -2.10. The largest absolute Gasteiger partial charge is 0.481 e. The van der Waals surface area contributed by atoms with Crippen molar-refractivity contribution in [3.05, 3.63) is 59.8 Å². The molecule has 21 heavy (non-hydrogen) atoms. The fraction of sp³-hybridized carbons (Fsp3) is 0.188. The van der Waals surface area contributed by atoms with Crippen molar-refractivity contribution >= 4 is 5.97 Å². The summed E-state index contributed by atoms with van der Waals surface area (Å²) in [6, 6.07) is 14.4. The van der Waals surface area contributed by atoms with Crippen molar-refractivity contribution in [2.24, 2.45) is 0 Å². The standard InChI is InChI=1S/C16H14N2O3/c1-20-15-9-13(7-8-18-15)14(10-17)16(19)21-11-12-5-3-2-4-6-12/h2-9,14H,11H2,1H3. The average Bonchev–Trinajstić information content (AvgIpc) is 2.55. The zero-order valence-electron chi connectivity index (χ0n) is 11.5. The second-order valence-electron chi connectivity index (χ2n) is 4.29. The molecular formula is C16H14N2O3. The van der Waals surface area contributed by atoms with Gasteiger partial charge in [-0.25, -0.2) is 4.98 Å². The van der Waals surface area contributed by atoms with Crippen molar-refractivity contribution in [3.63, 3.8) is 0 Å². The number of esters is 1. The van der Waals surface area contributed by atoms with Crippen LogP contribution in [-0.4, -0.2) is 18.1 Å². The number of aromatic nitrogens is 1. The highest BCUT2D eigenvalue weighted by atomic mass is 16.5. The Morgan fingerprint density at radius 1 is 1.33 bits per heavy atom. The topological polar surface area (TPSA) is 72.2 Å². The molecule has 1 atom stereocenters. The highest BCUT2D eigenvalue weighted by Gasteiger charge is 2.22. The monoisotopic (exact) mass is 282 g/mol. The molecule has 0 fully saturated rings. The first-order chi connectivity index (χ1) is 10.2. The molecule has 1 heterocycles. The molecule has 5 nitrogen and oxygen atoms in total. The normalized spacial score (nSPS) is 11.2. The molecule has 0 spiro atoms. The van der Waals surface area contributed by atoms with E-state index in [0.29, 0.717) is 11.4 Å². The number of methoxy groups -OCH3 is 1. The minimum absolute atomic E-state index is 0.139. The Balaban J connectivity index is 2.06. The fourth-order valence-electron chi connectivity index (χ4n) is 1.79. The van der Waals surface area contributed by atoms with Crippen LogP contribution in [0.4, 0.5) is 0 Å². The second-order valence-corrected chi connectivity index (χ2v) is 4.29. The summed E-state index contributed by atoms with van der Waals surface area (Å²) in [5.41, 5.74) is 1.37. The Bertz CT molecular complexity index is 650. The minimum Gasteiger partial charge on any atom is -0.481 e. The number of pyridine rings is 1. The maximum Gasteiger partial charge on any atom is 0.328 e. The first-order valence-corrected chi connectivity index (χ1v) is 6.34. The van der Waals surface area contributed by atoms with Crippen LogP contribution in [0.1, 0.15) is 17.0 Å². The molecule has 0 aliphatic rings. The molecule has 0 aliphatic carbocycles. The molecule has 0 bridgehead atoms. The van der Waals surface area contributed by atoms with E-state index in [2.05, 4.69) is 4.98 Å². The Labute approximate surface area is 122 Å². The maximum atomic E-state index is 12.0. The van der Waals surface area contributed by atoms with Crippen LogP contribution >= 0.6 is 0 Å². The molecule has 0 saturated heterocycles. The molecule has 0 radical (unpaired) electrons. The van der Waals surface area contributed by atoms with Gasteiger partial charge in [-0.1, -0.05) is 30.3 Å². The predicted molar refractivity (Wildman–Crippen MR) is 75.4 cm³/mol. The molecular weight excluding hydrogens is 268 g/mol. The van der Waals surface area contributed by atoms with Crippen molar-refractivity contribution in [3.8, 4) is 11.9 Å². The Morgan fingerprint density at radius 2 is 2.10 bits per heavy atom. The Morgan fingerprint density at radius 3 is 2.76 bits per heavy atom. The van der Waals surface area contributed by atoms with Gasteiger partial charge >= 0.3 is 5.97 Å². The summed E-state index contributed by atoms with van der Waals surface area (Å²) in [6.45, 7) is 0.139. The molecule has 1 aromatic heterocycles. The van der Waals surface area contributed by atoms with E-state index in [9.17, 15) is 10.1 Å². The number of carbonyl (C=O) groups is 1. The lowest BCUT2D eigenvalue weighted by atomic mass is 10.0. The number of hydrogen-bond donors (Lipinski definition) is 0. The Kier molecular flexibility index (Phi) is 4.89. The highest BCUT2D eigenvalue weighted by Crippen LogP contribution is 2.20. The van der Waals surface area contributed by atoms with Crippen molar-refractivity contribution in [2.75, 3.05) is 7.11 Å². The Hall–Kier alpha value is -2.87. The minimum atomic E-state index is -0.995. The third-order valence-corrected chi connectivity index (χ3v) is 2.89. The highest BCUT2D eigenvalue weighted by molar-refractivity contribution is 5.81. The maximum absolute atomic E-state index is 12.0. The zero-order chi connectivity index (χ0) is 15.1. The summed E-state index contributed by atoms with van der Waals surface area (Å²) in [7, 11) is 1.47. The van der Waals surface area contributed by atoms with Gasteiger partial charge in [-0.2, -0.15) is 5.26 Å². The number of nitriles is 1. The number of rotatable bonds is 5. The molecule has 106 valence electrons. The van der Waals surface area contributed by atoms with Crippen LogP contribution in [0.3, 0.4) is 0 Å². The molecule has 5 heteroatoms. The molecule has 0 amide bonds. The quantitative estimate of drug-likeness (QED) is 0.787. The predicted octanol–water partition coefficient (Wildman–Crippen LogP) is 2.44. The lowest BCUT2D eigenvalue weighted by molar-refractivity contribution is -0.145. The van der Waals surface area contributed by atoms with Crippen molar-refractivity contribution in [1.82, 2.24) is 4.98 Å². The summed E-state index contributed by atoms with van der Waals surface area (Å²) in [5, 5.41) is 9.20.